The third kappa shape index (κ3) is 2.70. The van der Waals surface area contributed by atoms with Crippen molar-refractivity contribution in [3.8, 4) is 0 Å². The number of aryl methyl sites for hydroxylation is 2. The molecule has 0 atom stereocenters. The number of para-hydroxylation sites is 2. The van der Waals surface area contributed by atoms with Crippen molar-refractivity contribution >= 4 is 44.9 Å². The molecule has 0 radical (unpaired) electrons. The van der Waals surface area contributed by atoms with E-state index in [1.54, 1.807) is 6.21 Å². The molecule has 2 heterocycles. The summed E-state index contributed by atoms with van der Waals surface area (Å²) < 4.78 is 4.84. The van der Waals surface area contributed by atoms with Crippen LogP contribution in [-0.2, 0) is 7.05 Å². The van der Waals surface area contributed by atoms with Crippen molar-refractivity contribution in [3.63, 3.8) is 0 Å². The second-order valence-electron chi connectivity index (χ2n) is 5.98. The van der Waals surface area contributed by atoms with Gasteiger partial charge in [-0.05, 0) is 36.8 Å². The van der Waals surface area contributed by atoms with Gasteiger partial charge < -0.3 is 4.57 Å². The molecule has 130 valence electrons. The first-order valence-corrected chi connectivity index (χ1v) is 8.87. The van der Waals surface area contributed by atoms with Gasteiger partial charge in [0.05, 0.1) is 22.9 Å². The van der Waals surface area contributed by atoms with Crippen molar-refractivity contribution in [3.05, 3.63) is 70.0 Å². The van der Waals surface area contributed by atoms with Gasteiger partial charge in [0, 0.05) is 11.5 Å². The van der Waals surface area contributed by atoms with E-state index in [9.17, 15) is 4.79 Å². The average molecular weight is 410 g/mol. The summed E-state index contributed by atoms with van der Waals surface area (Å²) in [6.45, 7) is 1.83. The summed E-state index contributed by atoms with van der Waals surface area (Å²) in [6, 6.07) is 15.6. The summed E-state index contributed by atoms with van der Waals surface area (Å²) in [5, 5.41) is 4.07. The van der Waals surface area contributed by atoms with Crippen LogP contribution in [0.3, 0.4) is 0 Å². The number of fused-ring (bicyclic) bond motifs is 3. The van der Waals surface area contributed by atoms with Crippen LogP contribution in [0, 0.1) is 6.92 Å². The van der Waals surface area contributed by atoms with Crippen molar-refractivity contribution in [2.45, 2.75) is 6.92 Å². The fourth-order valence-corrected chi connectivity index (χ4v) is 3.31. The summed E-state index contributed by atoms with van der Waals surface area (Å²) in [5.74, 6) is 0.436. The van der Waals surface area contributed by atoms with Crippen LogP contribution in [-0.4, -0.2) is 26.1 Å². The van der Waals surface area contributed by atoms with Crippen LogP contribution in [0.1, 0.15) is 21.7 Å². The van der Waals surface area contributed by atoms with Crippen LogP contribution in [0.4, 0.5) is 0 Å². The molecule has 0 spiro atoms. The van der Waals surface area contributed by atoms with E-state index < -0.39 is 0 Å². The second-order valence-corrected chi connectivity index (χ2v) is 6.90. The van der Waals surface area contributed by atoms with Crippen molar-refractivity contribution < 1.29 is 4.79 Å². The fourth-order valence-electron chi connectivity index (χ4n) is 3.05. The minimum Gasteiger partial charge on any atom is -0.313 e. The van der Waals surface area contributed by atoms with E-state index in [0.717, 1.165) is 26.8 Å². The molecule has 0 bridgehead atoms. The summed E-state index contributed by atoms with van der Waals surface area (Å²) >= 11 is 3.39. The lowest BCUT2D eigenvalue weighted by Crippen LogP contribution is -2.20. The zero-order valence-corrected chi connectivity index (χ0v) is 15.9. The predicted octanol–water partition coefficient (Wildman–Crippen LogP) is 3.66. The predicted molar refractivity (Wildman–Crippen MR) is 106 cm³/mol. The summed E-state index contributed by atoms with van der Waals surface area (Å²) in [7, 11) is 1.94. The monoisotopic (exact) mass is 409 g/mol. The van der Waals surface area contributed by atoms with E-state index in [1.165, 1.54) is 0 Å². The molecule has 6 nitrogen and oxygen atoms in total. The molecule has 2 aromatic heterocycles. The quantitative estimate of drug-likeness (QED) is 0.414. The van der Waals surface area contributed by atoms with Gasteiger partial charge in [0.1, 0.15) is 5.69 Å². The van der Waals surface area contributed by atoms with E-state index in [4.69, 9.17) is 0 Å². The second kappa shape index (κ2) is 6.42. The Hall–Kier alpha value is -2.93. The lowest BCUT2D eigenvalue weighted by Gasteiger charge is -2.01. The van der Waals surface area contributed by atoms with Gasteiger partial charge in [0.15, 0.2) is 0 Å². The Bertz CT molecular complexity index is 1150. The van der Waals surface area contributed by atoms with Gasteiger partial charge in [-0.15, -0.1) is 0 Å². The van der Waals surface area contributed by atoms with Crippen LogP contribution in [0.25, 0.3) is 16.8 Å². The minimum atomic E-state index is -0.292. The molecule has 0 fully saturated rings. The molecule has 0 aliphatic rings. The highest BCUT2D eigenvalue weighted by Gasteiger charge is 2.21. The number of benzene rings is 2. The van der Waals surface area contributed by atoms with Crippen molar-refractivity contribution in [1.82, 2.24) is 19.4 Å². The van der Waals surface area contributed by atoms with Crippen LogP contribution >= 0.6 is 15.9 Å². The first-order chi connectivity index (χ1) is 12.6. The molecule has 0 aliphatic heterocycles. The van der Waals surface area contributed by atoms with Crippen molar-refractivity contribution in [2.75, 3.05) is 0 Å². The zero-order chi connectivity index (χ0) is 18.3. The Labute approximate surface area is 158 Å². The van der Waals surface area contributed by atoms with Crippen LogP contribution in [0.2, 0.25) is 0 Å². The zero-order valence-electron chi connectivity index (χ0n) is 14.3. The number of aromatic nitrogens is 3. The van der Waals surface area contributed by atoms with Gasteiger partial charge in [0.2, 0.25) is 5.78 Å². The molecule has 1 amide bonds. The smallest absolute Gasteiger partial charge is 0.290 e. The number of hydrogen-bond donors (Lipinski definition) is 1. The lowest BCUT2D eigenvalue weighted by atomic mass is 10.2. The highest BCUT2D eigenvalue weighted by molar-refractivity contribution is 9.10. The van der Waals surface area contributed by atoms with Gasteiger partial charge >= 0.3 is 0 Å². The van der Waals surface area contributed by atoms with E-state index in [1.807, 2.05) is 71.5 Å². The maximum absolute atomic E-state index is 12.7. The molecular formula is C19H16BrN5O. The molecule has 0 aliphatic carbocycles. The Morgan fingerprint density at radius 3 is 2.58 bits per heavy atom. The maximum atomic E-state index is 12.7. The van der Waals surface area contributed by atoms with E-state index in [-0.39, 0.29) is 5.91 Å². The molecule has 7 heteroatoms. The molecule has 0 unspecified atom stereocenters. The average Bonchev–Trinajstić information content (AvgIpc) is 3.11. The maximum Gasteiger partial charge on any atom is 0.290 e. The SMILES string of the molecule is Cc1nc2n(C)c3ccccc3n2c1C(=O)N/N=C/c1ccc(Br)cc1. The standard InChI is InChI=1S/C19H16BrN5O/c1-12-17(18(26)23-21-11-13-7-9-14(20)10-8-13)25-16-6-4-3-5-15(16)24(2)19(25)22-12/h3-11H,1-2H3,(H,23,26)/b21-11+. The van der Waals surface area contributed by atoms with Crippen LogP contribution in [0.5, 0.6) is 0 Å². The Kier molecular flexibility index (Phi) is 4.08. The first kappa shape index (κ1) is 16.5. The summed E-state index contributed by atoms with van der Waals surface area (Å²) in [5.41, 5.74) is 6.61. The summed E-state index contributed by atoms with van der Waals surface area (Å²) in [6.07, 6.45) is 1.61. The third-order valence-corrected chi connectivity index (χ3v) is 4.81. The van der Waals surface area contributed by atoms with E-state index in [2.05, 4.69) is 31.4 Å². The number of halogens is 1. The highest BCUT2D eigenvalue weighted by Crippen LogP contribution is 2.23. The van der Waals surface area contributed by atoms with Gasteiger partial charge in [-0.3, -0.25) is 9.20 Å². The number of rotatable bonds is 3. The Morgan fingerprint density at radius 2 is 1.85 bits per heavy atom. The lowest BCUT2D eigenvalue weighted by molar-refractivity contribution is 0.0949. The largest absolute Gasteiger partial charge is 0.313 e. The van der Waals surface area contributed by atoms with Gasteiger partial charge in [0.25, 0.3) is 5.91 Å². The van der Waals surface area contributed by atoms with Crippen molar-refractivity contribution in [1.29, 1.82) is 0 Å². The van der Waals surface area contributed by atoms with Gasteiger partial charge in [-0.25, -0.2) is 10.4 Å². The number of nitrogens with zero attached hydrogens (tertiary/aromatic N) is 4. The molecular weight excluding hydrogens is 394 g/mol. The highest BCUT2D eigenvalue weighted by atomic mass is 79.9. The molecule has 1 N–H and O–H groups in total. The number of imidazole rings is 2. The molecule has 4 rings (SSSR count). The first-order valence-electron chi connectivity index (χ1n) is 8.07. The third-order valence-electron chi connectivity index (χ3n) is 4.28. The number of amides is 1. The van der Waals surface area contributed by atoms with Gasteiger partial charge in [-0.2, -0.15) is 5.10 Å². The summed E-state index contributed by atoms with van der Waals surface area (Å²) in [4.78, 5) is 17.3. The number of nitrogens with one attached hydrogen (secondary N) is 1. The molecule has 0 saturated heterocycles. The normalized spacial score (nSPS) is 11.7. The number of carbonyl (C=O) groups excluding carboxylic acids is 1. The molecule has 2 aromatic carbocycles. The van der Waals surface area contributed by atoms with Crippen LogP contribution < -0.4 is 5.43 Å². The van der Waals surface area contributed by atoms with Crippen LogP contribution in [0.15, 0.2) is 58.1 Å². The molecule has 0 saturated carbocycles. The Morgan fingerprint density at radius 1 is 1.15 bits per heavy atom. The fraction of sp³-hybridized carbons (Fsp3) is 0.105. The van der Waals surface area contributed by atoms with E-state index in [0.29, 0.717) is 11.4 Å². The van der Waals surface area contributed by atoms with Gasteiger partial charge in [-0.1, -0.05) is 40.2 Å². The van der Waals surface area contributed by atoms with E-state index >= 15 is 0 Å². The molecule has 26 heavy (non-hydrogen) atoms. The topological polar surface area (TPSA) is 63.7 Å². The number of hydrogen-bond acceptors (Lipinski definition) is 3. The molecule has 4 aromatic rings. The number of hydrazone groups is 1. The Balaban J connectivity index is 1.69. The minimum absolute atomic E-state index is 0.292. The van der Waals surface area contributed by atoms with Crippen molar-refractivity contribution in [2.24, 2.45) is 12.1 Å². The number of carbonyl (C=O) groups is 1.